The molecule has 0 aliphatic carbocycles. The summed E-state index contributed by atoms with van der Waals surface area (Å²) < 4.78 is 4.02. The van der Waals surface area contributed by atoms with Gasteiger partial charge in [0.15, 0.2) is 11.6 Å². The Morgan fingerprint density at radius 3 is 2.71 bits per heavy atom. The number of aliphatic hydroxyl groups excluding tert-OH is 1. The van der Waals surface area contributed by atoms with Gasteiger partial charge in [-0.2, -0.15) is 11.3 Å². The van der Waals surface area contributed by atoms with E-state index < -0.39 is 0 Å². The second-order valence-corrected chi connectivity index (χ2v) is 5.93. The number of rotatable bonds is 6. The summed E-state index contributed by atoms with van der Waals surface area (Å²) in [4.78, 5) is 8.75. The van der Waals surface area contributed by atoms with Crippen molar-refractivity contribution in [2.24, 2.45) is 13.0 Å². The molecule has 6 heteroatoms. The van der Waals surface area contributed by atoms with Crippen LogP contribution in [-0.4, -0.2) is 30.8 Å². The smallest absolute Gasteiger partial charge is 0.176 e. The summed E-state index contributed by atoms with van der Waals surface area (Å²) in [7, 11) is 1.95. The van der Waals surface area contributed by atoms with Crippen LogP contribution in [-0.2, 0) is 20.0 Å². The molecule has 3 aromatic heterocycles. The zero-order chi connectivity index (χ0) is 14.7. The maximum Gasteiger partial charge on any atom is 0.176 e. The van der Waals surface area contributed by atoms with Crippen LogP contribution in [0.2, 0.25) is 0 Å². The van der Waals surface area contributed by atoms with Crippen LogP contribution in [0.15, 0.2) is 41.6 Å². The maximum absolute atomic E-state index is 9.65. The summed E-state index contributed by atoms with van der Waals surface area (Å²) in [5, 5.41) is 13.9. The molecular weight excluding hydrogens is 284 g/mol. The quantitative estimate of drug-likeness (QED) is 0.759. The maximum atomic E-state index is 9.65. The van der Waals surface area contributed by atoms with Crippen molar-refractivity contribution < 1.29 is 5.11 Å². The van der Waals surface area contributed by atoms with Gasteiger partial charge in [0.2, 0.25) is 0 Å². The van der Waals surface area contributed by atoms with Crippen LogP contribution in [0.1, 0.15) is 5.56 Å². The summed E-state index contributed by atoms with van der Waals surface area (Å²) in [6.45, 7) is 0.891. The predicted molar refractivity (Wildman–Crippen MR) is 83.0 cm³/mol. The van der Waals surface area contributed by atoms with Gasteiger partial charge in [-0.3, -0.25) is 0 Å². The zero-order valence-corrected chi connectivity index (χ0v) is 12.7. The molecule has 0 aliphatic heterocycles. The van der Waals surface area contributed by atoms with Crippen LogP contribution in [0.3, 0.4) is 0 Å². The zero-order valence-electron chi connectivity index (χ0n) is 11.9. The summed E-state index contributed by atoms with van der Waals surface area (Å²) >= 11 is 1.69. The fourth-order valence-electron chi connectivity index (χ4n) is 2.45. The molecule has 0 bridgehead atoms. The van der Waals surface area contributed by atoms with Crippen LogP contribution in [0.5, 0.6) is 0 Å². The van der Waals surface area contributed by atoms with Crippen molar-refractivity contribution in [1.29, 1.82) is 0 Å². The van der Waals surface area contributed by atoms with Gasteiger partial charge in [-0.05, 0) is 28.8 Å². The third-order valence-electron chi connectivity index (χ3n) is 3.55. The lowest BCUT2D eigenvalue weighted by molar-refractivity contribution is 0.210. The van der Waals surface area contributed by atoms with Crippen molar-refractivity contribution in [2.45, 2.75) is 13.0 Å². The van der Waals surface area contributed by atoms with Gasteiger partial charge < -0.3 is 14.2 Å². The number of hydrogen-bond acceptors (Lipinski definition) is 4. The van der Waals surface area contributed by atoms with Crippen LogP contribution < -0.4 is 0 Å². The SMILES string of the molecule is Cn1ccnc1-c1nccn1C[C@@H](CO)Cc1ccsc1. The highest BCUT2D eigenvalue weighted by atomic mass is 32.1. The summed E-state index contributed by atoms with van der Waals surface area (Å²) in [5.74, 6) is 1.85. The topological polar surface area (TPSA) is 55.9 Å². The van der Waals surface area contributed by atoms with Crippen LogP contribution in [0, 0.1) is 5.92 Å². The number of aliphatic hydroxyl groups is 1. The normalized spacial score (nSPS) is 12.7. The molecule has 3 rings (SSSR count). The third kappa shape index (κ3) is 3.06. The van der Waals surface area contributed by atoms with Gasteiger partial charge in [0.25, 0.3) is 0 Å². The van der Waals surface area contributed by atoms with Crippen molar-refractivity contribution in [2.75, 3.05) is 6.61 Å². The molecule has 0 fully saturated rings. The monoisotopic (exact) mass is 302 g/mol. The Hall–Kier alpha value is -1.92. The molecule has 1 N–H and O–H groups in total. The number of imidazole rings is 2. The van der Waals surface area contributed by atoms with E-state index in [4.69, 9.17) is 0 Å². The lowest BCUT2D eigenvalue weighted by Crippen LogP contribution is -2.17. The van der Waals surface area contributed by atoms with Gasteiger partial charge in [-0.15, -0.1) is 0 Å². The minimum Gasteiger partial charge on any atom is -0.396 e. The molecule has 0 unspecified atom stereocenters. The van der Waals surface area contributed by atoms with E-state index in [1.165, 1.54) is 5.56 Å². The Morgan fingerprint density at radius 2 is 2.05 bits per heavy atom. The van der Waals surface area contributed by atoms with Gasteiger partial charge in [-0.25, -0.2) is 9.97 Å². The second-order valence-electron chi connectivity index (χ2n) is 5.15. The standard InChI is InChI=1S/C15H18N4OS/c1-18-5-3-16-14(18)15-17-4-6-19(15)9-13(10-20)8-12-2-7-21-11-12/h2-7,11,13,20H,8-10H2,1H3/t13-/m0/s1. The van der Waals surface area contributed by atoms with Gasteiger partial charge in [0.1, 0.15) is 0 Å². The molecule has 1 atom stereocenters. The van der Waals surface area contributed by atoms with Gasteiger partial charge in [0, 0.05) is 50.9 Å². The molecule has 0 saturated heterocycles. The van der Waals surface area contributed by atoms with Gasteiger partial charge >= 0.3 is 0 Å². The molecule has 21 heavy (non-hydrogen) atoms. The number of hydrogen-bond donors (Lipinski definition) is 1. The molecule has 3 heterocycles. The molecule has 0 spiro atoms. The summed E-state index contributed by atoms with van der Waals surface area (Å²) in [6, 6.07) is 2.11. The Kier molecular flexibility index (Phi) is 4.17. The summed E-state index contributed by atoms with van der Waals surface area (Å²) in [5.41, 5.74) is 1.28. The van der Waals surface area contributed by atoms with Crippen molar-refractivity contribution in [3.8, 4) is 11.6 Å². The van der Waals surface area contributed by atoms with E-state index in [1.54, 1.807) is 23.7 Å². The summed E-state index contributed by atoms with van der Waals surface area (Å²) in [6.07, 6.45) is 8.27. The van der Waals surface area contributed by atoms with Gasteiger partial charge in [-0.1, -0.05) is 0 Å². The number of aromatic nitrogens is 4. The molecule has 0 aliphatic rings. The third-order valence-corrected chi connectivity index (χ3v) is 4.29. The number of aryl methyl sites for hydroxylation is 1. The minimum atomic E-state index is 0.161. The van der Waals surface area contributed by atoms with Crippen molar-refractivity contribution >= 4 is 11.3 Å². The Bertz CT molecular complexity index is 686. The minimum absolute atomic E-state index is 0.161. The first-order valence-corrected chi connectivity index (χ1v) is 7.83. The largest absolute Gasteiger partial charge is 0.396 e. The lowest BCUT2D eigenvalue weighted by Gasteiger charge is -2.16. The van der Waals surface area contributed by atoms with Gasteiger partial charge in [0.05, 0.1) is 0 Å². The number of thiophene rings is 1. The van der Waals surface area contributed by atoms with Crippen molar-refractivity contribution in [3.63, 3.8) is 0 Å². The first kappa shape index (κ1) is 14.0. The van der Waals surface area contributed by atoms with Crippen molar-refractivity contribution in [1.82, 2.24) is 19.1 Å². The average molecular weight is 302 g/mol. The van der Waals surface area contributed by atoms with Crippen LogP contribution in [0.25, 0.3) is 11.6 Å². The molecule has 3 aromatic rings. The van der Waals surface area contributed by atoms with E-state index in [-0.39, 0.29) is 12.5 Å². The predicted octanol–water partition coefficient (Wildman–Crippen LogP) is 2.20. The first-order valence-electron chi connectivity index (χ1n) is 6.88. The van der Waals surface area contributed by atoms with E-state index in [0.717, 1.165) is 24.6 Å². The van der Waals surface area contributed by atoms with Crippen LogP contribution in [0.4, 0.5) is 0 Å². The van der Waals surface area contributed by atoms with E-state index in [2.05, 4.69) is 31.4 Å². The van der Waals surface area contributed by atoms with Crippen molar-refractivity contribution in [3.05, 3.63) is 47.2 Å². The molecular formula is C15H18N4OS. The highest BCUT2D eigenvalue weighted by Crippen LogP contribution is 2.18. The average Bonchev–Trinajstić information content (AvgIpc) is 3.20. The lowest BCUT2D eigenvalue weighted by atomic mass is 10.0. The molecule has 0 radical (unpaired) electrons. The van der Waals surface area contributed by atoms with E-state index >= 15 is 0 Å². The molecule has 0 aromatic carbocycles. The Morgan fingerprint density at radius 1 is 1.24 bits per heavy atom. The number of nitrogens with zero attached hydrogens (tertiary/aromatic N) is 4. The highest BCUT2D eigenvalue weighted by molar-refractivity contribution is 7.07. The van der Waals surface area contributed by atoms with E-state index in [0.29, 0.717) is 0 Å². The highest BCUT2D eigenvalue weighted by Gasteiger charge is 2.15. The molecule has 0 amide bonds. The van der Waals surface area contributed by atoms with E-state index in [9.17, 15) is 5.11 Å². The fraction of sp³-hybridized carbons (Fsp3) is 0.333. The molecule has 5 nitrogen and oxygen atoms in total. The second kappa shape index (κ2) is 6.24. The Balaban J connectivity index is 1.78. The molecule has 0 saturated carbocycles. The van der Waals surface area contributed by atoms with Crippen LogP contribution >= 0.6 is 11.3 Å². The first-order chi connectivity index (χ1) is 10.3. The van der Waals surface area contributed by atoms with E-state index in [1.807, 2.05) is 24.0 Å². The molecule has 110 valence electrons. The Labute approximate surface area is 127 Å². The fourth-order valence-corrected chi connectivity index (χ4v) is 3.13.